The first kappa shape index (κ1) is 21.5. The molecule has 3 amide bonds. The molecule has 3 rings (SSSR count). The summed E-state index contributed by atoms with van der Waals surface area (Å²) in [6.07, 6.45) is 3.83. The van der Waals surface area contributed by atoms with Gasteiger partial charge in [0, 0.05) is 37.9 Å². The molecule has 0 aliphatic carbocycles. The molecule has 27 heavy (non-hydrogen) atoms. The third kappa shape index (κ3) is 5.59. The Kier molecular flexibility index (Phi) is 7.92. The molecule has 1 aromatic rings. The van der Waals surface area contributed by atoms with E-state index in [1.54, 1.807) is 4.90 Å². The second-order valence-corrected chi connectivity index (χ2v) is 7.63. The lowest BCUT2D eigenvalue weighted by molar-refractivity contribution is -0.138. The Morgan fingerprint density at radius 3 is 2.44 bits per heavy atom. The summed E-state index contributed by atoms with van der Waals surface area (Å²) in [4.78, 5) is 29.2. The molecular weight excluding hydrogens is 364 g/mol. The summed E-state index contributed by atoms with van der Waals surface area (Å²) >= 11 is 0. The van der Waals surface area contributed by atoms with Crippen molar-refractivity contribution in [3.05, 3.63) is 30.3 Å². The smallest absolute Gasteiger partial charge is 0.321 e. The summed E-state index contributed by atoms with van der Waals surface area (Å²) in [6.45, 7) is 4.79. The number of para-hydroxylation sites is 1. The molecule has 7 heteroatoms. The maximum absolute atomic E-state index is 13.0. The number of hydrogen-bond acceptors (Lipinski definition) is 3. The van der Waals surface area contributed by atoms with Gasteiger partial charge in [0.2, 0.25) is 5.91 Å². The van der Waals surface area contributed by atoms with Gasteiger partial charge in [-0.15, -0.1) is 12.4 Å². The number of rotatable bonds is 3. The number of carbonyl (C=O) groups is 2. The second kappa shape index (κ2) is 9.95. The number of benzene rings is 1. The van der Waals surface area contributed by atoms with Crippen molar-refractivity contribution in [2.75, 3.05) is 31.5 Å². The minimum Gasteiger partial charge on any atom is -0.342 e. The van der Waals surface area contributed by atoms with Crippen molar-refractivity contribution >= 4 is 30.0 Å². The van der Waals surface area contributed by atoms with E-state index in [1.807, 2.05) is 42.2 Å². The highest BCUT2D eigenvalue weighted by Crippen LogP contribution is 2.24. The van der Waals surface area contributed by atoms with Gasteiger partial charge in [0.1, 0.15) is 0 Å². The fraction of sp³-hybridized carbons (Fsp3) is 0.600. The Bertz CT molecular complexity index is 626. The van der Waals surface area contributed by atoms with E-state index in [2.05, 4.69) is 5.32 Å². The zero-order valence-corrected chi connectivity index (χ0v) is 16.8. The van der Waals surface area contributed by atoms with Gasteiger partial charge in [0.05, 0.1) is 5.92 Å². The van der Waals surface area contributed by atoms with Crippen molar-refractivity contribution < 1.29 is 9.59 Å². The fourth-order valence-electron chi connectivity index (χ4n) is 3.98. The van der Waals surface area contributed by atoms with E-state index >= 15 is 0 Å². The van der Waals surface area contributed by atoms with Crippen molar-refractivity contribution in [3.63, 3.8) is 0 Å². The number of anilines is 1. The van der Waals surface area contributed by atoms with Crippen LogP contribution in [-0.4, -0.2) is 54.0 Å². The van der Waals surface area contributed by atoms with Crippen LogP contribution in [0.4, 0.5) is 10.5 Å². The number of halogens is 1. The Balaban J connectivity index is 0.00000261. The summed E-state index contributed by atoms with van der Waals surface area (Å²) in [5.41, 5.74) is 6.82. The number of amides is 3. The van der Waals surface area contributed by atoms with Gasteiger partial charge in [-0.1, -0.05) is 18.2 Å². The number of urea groups is 1. The van der Waals surface area contributed by atoms with Gasteiger partial charge in [-0.25, -0.2) is 4.79 Å². The Morgan fingerprint density at radius 1 is 1.07 bits per heavy atom. The fourth-order valence-corrected chi connectivity index (χ4v) is 3.98. The predicted molar refractivity (Wildman–Crippen MR) is 110 cm³/mol. The van der Waals surface area contributed by atoms with Gasteiger partial charge in [-0.3, -0.25) is 4.79 Å². The molecule has 2 saturated heterocycles. The van der Waals surface area contributed by atoms with E-state index in [1.165, 1.54) is 0 Å². The molecule has 2 aliphatic heterocycles. The average molecular weight is 395 g/mol. The van der Waals surface area contributed by atoms with Crippen LogP contribution >= 0.6 is 12.4 Å². The topological polar surface area (TPSA) is 78.7 Å². The van der Waals surface area contributed by atoms with Crippen LogP contribution in [0.5, 0.6) is 0 Å². The van der Waals surface area contributed by atoms with Crippen LogP contribution in [0.25, 0.3) is 0 Å². The van der Waals surface area contributed by atoms with Crippen LogP contribution in [0.15, 0.2) is 30.3 Å². The maximum Gasteiger partial charge on any atom is 0.321 e. The van der Waals surface area contributed by atoms with Crippen molar-refractivity contribution in [2.45, 2.75) is 38.6 Å². The van der Waals surface area contributed by atoms with E-state index in [4.69, 9.17) is 5.73 Å². The molecule has 0 spiro atoms. The first-order valence-electron chi connectivity index (χ1n) is 9.70. The second-order valence-electron chi connectivity index (χ2n) is 7.63. The van der Waals surface area contributed by atoms with E-state index in [-0.39, 0.29) is 36.3 Å². The Labute approximate surface area is 167 Å². The third-order valence-corrected chi connectivity index (χ3v) is 5.60. The summed E-state index contributed by atoms with van der Waals surface area (Å²) in [6, 6.07) is 9.43. The van der Waals surface area contributed by atoms with Crippen LogP contribution in [-0.2, 0) is 4.79 Å². The van der Waals surface area contributed by atoms with Gasteiger partial charge in [-0.2, -0.15) is 0 Å². The summed E-state index contributed by atoms with van der Waals surface area (Å²) in [5, 5.41) is 2.92. The van der Waals surface area contributed by atoms with E-state index in [0.29, 0.717) is 19.0 Å². The SMILES string of the molecule is CC(N)C1CCCN(C(=O)C2CCCN(C(=O)Nc3ccccc3)C2)C1.Cl. The highest BCUT2D eigenvalue weighted by atomic mass is 35.5. The van der Waals surface area contributed by atoms with Gasteiger partial charge < -0.3 is 20.9 Å². The highest BCUT2D eigenvalue weighted by Gasteiger charge is 2.34. The average Bonchev–Trinajstić information content (AvgIpc) is 2.68. The van der Waals surface area contributed by atoms with Crippen molar-refractivity contribution in [1.82, 2.24) is 9.80 Å². The molecule has 0 aromatic heterocycles. The quantitative estimate of drug-likeness (QED) is 0.827. The minimum absolute atomic E-state index is 0. The summed E-state index contributed by atoms with van der Waals surface area (Å²) in [5.74, 6) is 0.471. The van der Waals surface area contributed by atoms with E-state index in [9.17, 15) is 9.59 Å². The molecule has 3 atom stereocenters. The molecule has 3 unspecified atom stereocenters. The number of piperidine rings is 2. The molecule has 2 aliphatic rings. The molecule has 2 heterocycles. The number of nitrogens with one attached hydrogen (secondary N) is 1. The van der Waals surface area contributed by atoms with Crippen molar-refractivity contribution in [3.8, 4) is 0 Å². The highest BCUT2D eigenvalue weighted by molar-refractivity contribution is 5.90. The lowest BCUT2D eigenvalue weighted by Gasteiger charge is -2.39. The monoisotopic (exact) mass is 394 g/mol. The number of hydrogen-bond donors (Lipinski definition) is 2. The first-order valence-corrected chi connectivity index (χ1v) is 9.70. The van der Waals surface area contributed by atoms with E-state index in [0.717, 1.165) is 44.5 Å². The number of nitrogens with zero attached hydrogens (tertiary/aromatic N) is 2. The molecule has 3 N–H and O–H groups in total. The standard InChI is InChI=1S/C20H30N4O2.ClH/c1-15(21)16-7-5-11-23(13-16)19(25)17-8-6-12-24(14-17)20(26)22-18-9-3-2-4-10-18;/h2-4,9-10,15-17H,5-8,11-14,21H2,1H3,(H,22,26);1H. The molecule has 0 saturated carbocycles. The van der Waals surface area contributed by atoms with Gasteiger partial charge in [0.15, 0.2) is 0 Å². The molecule has 150 valence electrons. The molecule has 2 fully saturated rings. The van der Waals surface area contributed by atoms with Crippen molar-refractivity contribution in [1.29, 1.82) is 0 Å². The lowest BCUT2D eigenvalue weighted by atomic mass is 9.90. The van der Waals surface area contributed by atoms with Gasteiger partial charge >= 0.3 is 6.03 Å². The lowest BCUT2D eigenvalue weighted by Crippen LogP contribution is -2.51. The molecular formula is C20H31ClN4O2. The molecule has 0 radical (unpaired) electrons. The Hall–Kier alpha value is -1.79. The summed E-state index contributed by atoms with van der Waals surface area (Å²) < 4.78 is 0. The largest absolute Gasteiger partial charge is 0.342 e. The van der Waals surface area contributed by atoms with Gasteiger partial charge in [-0.05, 0) is 50.7 Å². The van der Waals surface area contributed by atoms with Gasteiger partial charge in [0.25, 0.3) is 0 Å². The maximum atomic E-state index is 13.0. The van der Waals surface area contributed by atoms with Crippen LogP contribution in [0, 0.1) is 11.8 Å². The molecule has 0 bridgehead atoms. The molecule has 1 aromatic carbocycles. The minimum atomic E-state index is -0.124. The van der Waals surface area contributed by atoms with Crippen LogP contribution < -0.4 is 11.1 Å². The predicted octanol–water partition coefficient (Wildman–Crippen LogP) is 2.94. The number of likely N-dealkylation sites (tertiary alicyclic amines) is 2. The zero-order valence-electron chi connectivity index (χ0n) is 16.0. The van der Waals surface area contributed by atoms with Crippen LogP contribution in [0.3, 0.4) is 0 Å². The first-order chi connectivity index (χ1) is 12.5. The normalized spacial score (nSPS) is 23.9. The van der Waals surface area contributed by atoms with Crippen molar-refractivity contribution in [2.24, 2.45) is 17.6 Å². The number of carbonyl (C=O) groups excluding carboxylic acids is 2. The third-order valence-electron chi connectivity index (χ3n) is 5.60. The van der Waals surface area contributed by atoms with Crippen LogP contribution in [0.1, 0.15) is 32.6 Å². The summed E-state index contributed by atoms with van der Waals surface area (Å²) in [7, 11) is 0. The van der Waals surface area contributed by atoms with E-state index < -0.39 is 0 Å². The zero-order chi connectivity index (χ0) is 18.5. The van der Waals surface area contributed by atoms with Crippen LogP contribution in [0.2, 0.25) is 0 Å². The Morgan fingerprint density at radius 2 is 1.74 bits per heavy atom. The number of nitrogens with two attached hydrogens (primary N) is 1. The molecule has 6 nitrogen and oxygen atoms in total.